The molecule has 144 valence electrons. The lowest BCUT2D eigenvalue weighted by Gasteiger charge is -2.48. The van der Waals surface area contributed by atoms with Gasteiger partial charge in [-0.3, -0.25) is 53.8 Å². The molecule has 4 atom stereocenters. The van der Waals surface area contributed by atoms with Crippen LogP contribution in [-0.2, 0) is 24.0 Å². The Morgan fingerprint density at radius 2 is 0.926 bits per heavy atom. The van der Waals surface area contributed by atoms with E-state index in [1.165, 1.54) is 59.1 Å². The van der Waals surface area contributed by atoms with Crippen molar-refractivity contribution in [1.82, 2.24) is 29.8 Å². The van der Waals surface area contributed by atoms with E-state index in [1.807, 2.05) is 0 Å². The standard InChI is InChI=1S/C16H20N6O5/c1-6(23)18-11-13-20(8(3)25)14-12(17-11)19(7(2)24)16(22(14)10(5)27)15(18)21(13)9(4)26/h11-14,17H,1-5H3. The Kier molecular flexibility index (Phi) is 3.42. The van der Waals surface area contributed by atoms with Crippen molar-refractivity contribution in [3.8, 4) is 0 Å². The van der Waals surface area contributed by atoms with Crippen molar-refractivity contribution in [1.29, 1.82) is 0 Å². The fraction of sp³-hybridized carbons (Fsp3) is 0.562. The Labute approximate surface area is 155 Å². The number of nitrogens with zero attached hydrogens (tertiary/aromatic N) is 5. The van der Waals surface area contributed by atoms with Crippen LogP contribution in [0.3, 0.4) is 0 Å². The van der Waals surface area contributed by atoms with Gasteiger partial charge in [0, 0.05) is 34.6 Å². The predicted octanol–water partition coefficient (Wildman–Crippen LogP) is -1.70. The van der Waals surface area contributed by atoms with Crippen molar-refractivity contribution < 1.29 is 24.0 Å². The topological polar surface area (TPSA) is 114 Å². The molecular weight excluding hydrogens is 356 g/mol. The number of hydrogen-bond donors (Lipinski definition) is 1. The largest absolute Gasteiger partial charge is 0.294 e. The monoisotopic (exact) mass is 376 g/mol. The normalized spacial score (nSPS) is 30.5. The smallest absolute Gasteiger partial charge is 0.226 e. The number of hydrogen-bond acceptors (Lipinski definition) is 6. The second kappa shape index (κ2) is 5.28. The summed E-state index contributed by atoms with van der Waals surface area (Å²) < 4.78 is 0. The first-order valence-corrected chi connectivity index (χ1v) is 8.58. The van der Waals surface area contributed by atoms with E-state index in [4.69, 9.17) is 0 Å². The molecule has 5 aliphatic heterocycles. The summed E-state index contributed by atoms with van der Waals surface area (Å²) in [5.41, 5.74) is 0. The SMILES string of the molecule is CC(=O)N1C2=C3N(C(C)=O)C4NC1C(N2C(C)=O)N(C(C)=O)C4N3C(C)=O. The van der Waals surface area contributed by atoms with Gasteiger partial charge in [-0.25, -0.2) is 0 Å². The first kappa shape index (κ1) is 17.5. The van der Waals surface area contributed by atoms with Crippen LogP contribution in [0.15, 0.2) is 11.6 Å². The fourth-order valence-electron chi connectivity index (χ4n) is 4.67. The zero-order chi connectivity index (χ0) is 19.9. The summed E-state index contributed by atoms with van der Waals surface area (Å²) in [5, 5.41) is 3.20. The lowest BCUT2D eigenvalue weighted by molar-refractivity contribution is -0.161. The Bertz CT molecular complexity index is 792. The zero-order valence-corrected chi connectivity index (χ0v) is 15.6. The summed E-state index contributed by atoms with van der Waals surface area (Å²) in [5.74, 6) is -1.61. The quantitative estimate of drug-likeness (QED) is 0.539. The summed E-state index contributed by atoms with van der Waals surface area (Å²) in [4.78, 5) is 69.3. The Hall–Kier alpha value is -2.95. The average molecular weight is 376 g/mol. The van der Waals surface area contributed by atoms with E-state index < -0.39 is 36.5 Å². The van der Waals surface area contributed by atoms with Crippen LogP contribution in [0.5, 0.6) is 0 Å². The van der Waals surface area contributed by atoms with Crippen molar-refractivity contribution in [2.45, 2.75) is 59.3 Å². The molecule has 1 N–H and O–H groups in total. The number of carbonyl (C=O) groups excluding carboxylic acids is 5. The highest BCUT2D eigenvalue weighted by molar-refractivity contribution is 5.89. The van der Waals surface area contributed by atoms with Crippen molar-refractivity contribution in [2.75, 3.05) is 0 Å². The van der Waals surface area contributed by atoms with Gasteiger partial charge in [-0.2, -0.15) is 0 Å². The van der Waals surface area contributed by atoms with Crippen molar-refractivity contribution >= 4 is 29.5 Å². The molecule has 0 aromatic carbocycles. The van der Waals surface area contributed by atoms with Gasteiger partial charge >= 0.3 is 0 Å². The van der Waals surface area contributed by atoms with E-state index in [0.717, 1.165) is 0 Å². The van der Waals surface area contributed by atoms with Crippen LogP contribution in [0.2, 0.25) is 0 Å². The van der Waals surface area contributed by atoms with Gasteiger partial charge in [-0.1, -0.05) is 0 Å². The molecule has 5 amide bonds. The number of rotatable bonds is 0. The van der Waals surface area contributed by atoms with Crippen molar-refractivity contribution in [3.63, 3.8) is 0 Å². The lowest BCUT2D eigenvalue weighted by atomic mass is 10.1. The molecule has 0 spiro atoms. The van der Waals surface area contributed by atoms with E-state index in [-0.39, 0.29) is 29.4 Å². The summed E-state index contributed by atoms with van der Waals surface area (Å²) >= 11 is 0. The van der Waals surface area contributed by atoms with Crippen LogP contribution in [-0.4, -0.2) is 78.7 Å². The maximum atomic E-state index is 12.6. The molecule has 3 saturated heterocycles. The van der Waals surface area contributed by atoms with Crippen molar-refractivity contribution in [3.05, 3.63) is 11.6 Å². The second-order valence-corrected chi connectivity index (χ2v) is 7.01. The molecule has 11 heteroatoms. The third kappa shape index (κ3) is 1.91. The molecule has 5 aliphatic rings. The molecule has 0 aromatic rings. The number of piperazine rings is 1. The van der Waals surface area contributed by atoms with E-state index in [9.17, 15) is 24.0 Å². The van der Waals surface area contributed by atoms with Gasteiger partial charge < -0.3 is 0 Å². The first-order valence-electron chi connectivity index (χ1n) is 8.58. The van der Waals surface area contributed by atoms with E-state index >= 15 is 0 Å². The Morgan fingerprint density at radius 1 is 0.593 bits per heavy atom. The molecule has 5 rings (SSSR count). The highest BCUT2D eigenvalue weighted by atomic mass is 16.2. The zero-order valence-electron chi connectivity index (χ0n) is 15.6. The van der Waals surface area contributed by atoms with Crippen LogP contribution in [0.25, 0.3) is 0 Å². The van der Waals surface area contributed by atoms with Crippen LogP contribution >= 0.6 is 0 Å². The Morgan fingerprint density at radius 3 is 1.19 bits per heavy atom. The van der Waals surface area contributed by atoms with Gasteiger partial charge in [0.2, 0.25) is 29.5 Å². The lowest BCUT2D eigenvalue weighted by Crippen LogP contribution is -2.74. The second-order valence-electron chi connectivity index (χ2n) is 7.01. The van der Waals surface area contributed by atoms with E-state index in [0.29, 0.717) is 0 Å². The molecule has 5 heterocycles. The minimum absolute atomic E-state index is 0.150. The molecular formula is C16H20N6O5. The minimum atomic E-state index is -0.798. The minimum Gasteiger partial charge on any atom is -0.294 e. The molecule has 0 saturated carbocycles. The molecule has 0 radical (unpaired) electrons. The fourth-order valence-corrected chi connectivity index (χ4v) is 4.67. The van der Waals surface area contributed by atoms with Crippen LogP contribution in [0, 0.1) is 0 Å². The average Bonchev–Trinajstić information content (AvgIpc) is 2.94. The molecule has 4 unspecified atom stereocenters. The summed E-state index contributed by atoms with van der Waals surface area (Å²) in [7, 11) is 0. The van der Waals surface area contributed by atoms with Crippen LogP contribution in [0.1, 0.15) is 34.6 Å². The van der Waals surface area contributed by atoms with E-state index in [2.05, 4.69) is 5.32 Å². The van der Waals surface area contributed by atoms with Gasteiger partial charge in [0.15, 0.2) is 11.6 Å². The highest BCUT2D eigenvalue weighted by Crippen LogP contribution is 2.49. The molecule has 6 bridgehead atoms. The summed E-state index contributed by atoms with van der Waals surface area (Å²) in [6.07, 6.45) is -3.01. The van der Waals surface area contributed by atoms with Gasteiger partial charge in [0.25, 0.3) is 0 Å². The first-order chi connectivity index (χ1) is 12.6. The van der Waals surface area contributed by atoms with Gasteiger partial charge in [-0.15, -0.1) is 0 Å². The predicted molar refractivity (Wildman–Crippen MR) is 87.9 cm³/mol. The summed E-state index contributed by atoms with van der Waals surface area (Å²) in [6.45, 7) is 6.65. The third-order valence-corrected chi connectivity index (χ3v) is 5.40. The van der Waals surface area contributed by atoms with Crippen LogP contribution < -0.4 is 5.32 Å². The molecule has 0 aliphatic carbocycles. The maximum absolute atomic E-state index is 12.6. The number of nitrogens with one attached hydrogen (secondary N) is 1. The maximum Gasteiger partial charge on any atom is 0.226 e. The number of carbonyl (C=O) groups is 5. The highest BCUT2D eigenvalue weighted by Gasteiger charge is 2.68. The molecule has 27 heavy (non-hydrogen) atoms. The van der Waals surface area contributed by atoms with E-state index in [1.54, 1.807) is 0 Å². The van der Waals surface area contributed by atoms with Gasteiger partial charge in [0.05, 0.1) is 0 Å². The van der Waals surface area contributed by atoms with Crippen LogP contribution in [0.4, 0.5) is 0 Å². The van der Waals surface area contributed by atoms with Gasteiger partial charge in [-0.05, 0) is 0 Å². The Balaban J connectivity index is 2.11. The van der Waals surface area contributed by atoms with Gasteiger partial charge in [0.1, 0.15) is 24.7 Å². The third-order valence-electron chi connectivity index (χ3n) is 5.40. The molecule has 11 nitrogen and oxygen atoms in total. The molecule has 0 aromatic heterocycles. The molecule has 3 fully saturated rings. The number of amides is 5. The van der Waals surface area contributed by atoms with Crippen molar-refractivity contribution in [2.24, 2.45) is 0 Å². The summed E-state index contributed by atoms with van der Waals surface area (Å²) in [6, 6.07) is 0.